The summed E-state index contributed by atoms with van der Waals surface area (Å²) >= 11 is 0. The van der Waals surface area contributed by atoms with Gasteiger partial charge in [0.1, 0.15) is 16.3 Å². The van der Waals surface area contributed by atoms with E-state index in [1.165, 1.54) is 4.31 Å². The number of aryl methyl sites for hydroxylation is 3. The molecule has 0 saturated carbocycles. The molecule has 1 saturated heterocycles. The largest absolute Gasteiger partial charge is 0.484 e. The lowest BCUT2D eigenvalue weighted by atomic mass is 9.98. The molecule has 2 aromatic heterocycles. The summed E-state index contributed by atoms with van der Waals surface area (Å²) < 4.78 is 43.4. The van der Waals surface area contributed by atoms with E-state index in [0.717, 1.165) is 11.3 Å². The maximum absolute atomic E-state index is 12.9. The average molecular weight is 433 g/mol. The van der Waals surface area contributed by atoms with Gasteiger partial charge in [-0.15, -0.1) is 0 Å². The predicted molar refractivity (Wildman–Crippen MR) is 107 cm³/mol. The second-order valence-electron chi connectivity index (χ2n) is 7.48. The molecule has 3 aromatic rings. The molecule has 0 amide bonds. The third-order valence-electron chi connectivity index (χ3n) is 5.25. The summed E-state index contributed by atoms with van der Waals surface area (Å²) in [6, 6.07) is 7.72. The molecule has 0 radical (unpaired) electrons. The first kappa shape index (κ1) is 20.5. The van der Waals surface area contributed by atoms with Crippen LogP contribution >= 0.6 is 0 Å². The van der Waals surface area contributed by atoms with Gasteiger partial charge in [0.05, 0.1) is 0 Å². The van der Waals surface area contributed by atoms with Gasteiger partial charge in [-0.3, -0.25) is 0 Å². The monoisotopic (exact) mass is 432 g/mol. The molecule has 30 heavy (non-hydrogen) atoms. The van der Waals surface area contributed by atoms with E-state index in [9.17, 15) is 8.42 Å². The van der Waals surface area contributed by atoms with Crippen LogP contribution in [0.5, 0.6) is 5.75 Å². The molecule has 1 fully saturated rings. The number of hydrogen-bond acceptors (Lipinski definition) is 8. The molecule has 3 heterocycles. The summed E-state index contributed by atoms with van der Waals surface area (Å²) in [4.78, 5) is 4.60. The second-order valence-corrected chi connectivity index (χ2v) is 9.35. The Morgan fingerprint density at radius 2 is 1.77 bits per heavy atom. The summed E-state index contributed by atoms with van der Waals surface area (Å²) in [7, 11) is -3.63. The van der Waals surface area contributed by atoms with Gasteiger partial charge in [-0.2, -0.15) is 9.29 Å². The molecule has 0 unspecified atom stereocenters. The Balaban J connectivity index is 1.36. The van der Waals surface area contributed by atoms with E-state index in [2.05, 4.69) is 15.3 Å². The maximum atomic E-state index is 12.9. The Morgan fingerprint density at radius 3 is 2.40 bits per heavy atom. The highest BCUT2D eigenvalue weighted by molar-refractivity contribution is 7.89. The number of aromatic nitrogens is 3. The summed E-state index contributed by atoms with van der Waals surface area (Å²) in [5, 5.41) is 7.83. The normalized spacial score (nSPS) is 16.1. The molecule has 0 aliphatic carbocycles. The summed E-state index contributed by atoms with van der Waals surface area (Å²) in [5.74, 6) is 2.07. The fourth-order valence-corrected chi connectivity index (χ4v) is 5.36. The van der Waals surface area contributed by atoms with E-state index in [-0.39, 0.29) is 17.4 Å². The van der Waals surface area contributed by atoms with Crippen molar-refractivity contribution in [2.24, 2.45) is 0 Å². The molecule has 4 rings (SSSR count). The van der Waals surface area contributed by atoms with Crippen LogP contribution < -0.4 is 4.74 Å². The third-order valence-corrected chi connectivity index (χ3v) is 7.40. The smallest absolute Gasteiger partial charge is 0.264 e. The molecule has 0 atom stereocenters. The third kappa shape index (κ3) is 4.10. The van der Waals surface area contributed by atoms with E-state index in [0.29, 0.717) is 49.1 Å². The highest BCUT2D eigenvalue weighted by Gasteiger charge is 2.35. The summed E-state index contributed by atoms with van der Waals surface area (Å²) in [5.41, 5.74) is 1.54. The van der Waals surface area contributed by atoms with Gasteiger partial charge in [0.25, 0.3) is 5.89 Å². The van der Waals surface area contributed by atoms with E-state index < -0.39 is 10.0 Å². The van der Waals surface area contributed by atoms with Gasteiger partial charge in [-0.05, 0) is 45.7 Å². The lowest BCUT2D eigenvalue weighted by Crippen LogP contribution is -2.38. The van der Waals surface area contributed by atoms with Crippen LogP contribution in [-0.2, 0) is 16.6 Å². The van der Waals surface area contributed by atoms with Crippen LogP contribution in [-0.4, -0.2) is 41.1 Å². The van der Waals surface area contributed by atoms with E-state index in [1.54, 1.807) is 13.8 Å². The number of piperidine rings is 1. The molecule has 1 aliphatic heterocycles. The molecular weight excluding hydrogens is 408 g/mol. The minimum absolute atomic E-state index is 0.0398. The molecule has 1 aromatic carbocycles. The first-order valence-electron chi connectivity index (χ1n) is 9.79. The van der Waals surface area contributed by atoms with E-state index >= 15 is 0 Å². The van der Waals surface area contributed by atoms with Gasteiger partial charge in [0, 0.05) is 19.0 Å². The van der Waals surface area contributed by atoms with Crippen LogP contribution in [0.25, 0.3) is 0 Å². The van der Waals surface area contributed by atoms with Crippen LogP contribution in [0.2, 0.25) is 0 Å². The zero-order valence-electron chi connectivity index (χ0n) is 17.2. The maximum Gasteiger partial charge on any atom is 0.264 e. The lowest BCUT2D eigenvalue weighted by molar-refractivity contribution is 0.241. The summed E-state index contributed by atoms with van der Waals surface area (Å²) in [6.07, 6.45) is 1.22. The van der Waals surface area contributed by atoms with Crippen molar-refractivity contribution in [3.63, 3.8) is 0 Å². The zero-order chi connectivity index (χ0) is 21.3. The van der Waals surface area contributed by atoms with Crippen molar-refractivity contribution in [2.75, 3.05) is 13.1 Å². The Bertz CT molecular complexity index is 1090. The molecule has 10 heteroatoms. The lowest BCUT2D eigenvalue weighted by Gasteiger charge is -2.29. The van der Waals surface area contributed by atoms with Crippen LogP contribution in [0, 0.1) is 20.8 Å². The quantitative estimate of drug-likeness (QED) is 0.584. The molecule has 0 spiro atoms. The number of benzene rings is 1. The van der Waals surface area contributed by atoms with Crippen molar-refractivity contribution in [3.05, 3.63) is 53.0 Å². The average Bonchev–Trinajstić information content (AvgIpc) is 3.34. The standard InChI is InChI=1S/C20H24N4O5S/c1-13-4-6-17(7-5-13)27-12-18-21-20(23-29-18)16-8-10-24(11-9-16)30(25,26)19-14(2)22-28-15(19)3/h4-7,16H,8-12H2,1-3H3. The van der Waals surface area contributed by atoms with Crippen molar-refractivity contribution in [2.45, 2.75) is 51.0 Å². The molecule has 0 bridgehead atoms. The molecule has 0 N–H and O–H groups in total. The topological polar surface area (TPSA) is 112 Å². The van der Waals surface area contributed by atoms with Gasteiger partial charge < -0.3 is 13.8 Å². The number of ether oxygens (including phenoxy) is 1. The van der Waals surface area contributed by atoms with Crippen molar-refractivity contribution in [3.8, 4) is 5.75 Å². The highest BCUT2D eigenvalue weighted by atomic mass is 32.2. The van der Waals surface area contributed by atoms with Crippen LogP contribution in [0.3, 0.4) is 0 Å². The Morgan fingerprint density at radius 1 is 1.07 bits per heavy atom. The van der Waals surface area contributed by atoms with Crippen LogP contribution in [0.1, 0.15) is 47.5 Å². The molecule has 160 valence electrons. The fourth-order valence-electron chi connectivity index (χ4n) is 3.60. The Hall–Kier alpha value is -2.72. The first-order chi connectivity index (χ1) is 14.3. The number of hydrogen-bond donors (Lipinski definition) is 0. The molecule has 9 nitrogen and oxygen atoms in total. The molecular formula is C20H24N4O5S. The second kappa shape index (κ2) is 8.19. The van der Waals surface area contributed by atoms with Crippen LogP contribution in [0.4, 0.5) is 0 Å². The minimum atomic E-state index is -3.63. The summed E-state index contributed by atoms with van der Waals surface area (Å²) in [6.45, 7) is 6.20. The van der Waals surface area contributed by atoms with E-state index in [1.807, 2.05) is 31.2 Å². The highest BCUT2D eigenvalue weighted by Crippen LogP contribution is 2.31. The van der Waals surface area contributed by atoms with Gasteiger partial charge in [0.2, 0.25) is 10.0 Å². The first-order valence-corrected chi connectivity index (χ1v) is 11.2. The number of rotatable bonds is 6. The van der Waals surface area contributed by atoms with Crippen molar-refractivity contribution >= 4 is 10.0 Å². The van der Waals surface area contributed by atoms with Crippen molar-refractivity contribution in [1.29, 1.82) is 0 Å². The van der Waals surface area contributed by atoms with Gasteiger partial charge in [-0.25, -0.2) is 8.42 Å². The molecule has 1 aliphatic rings. The van der Waals surface area contributed by atoms with Gasteiger partial charge >= 0.3 is 0 Å². The number of sulfonamides is 1. The van der Waals surface area contributed by atoms with E-state index in [4.69, 9.17) is 13.8 Å². The van der Waals surface area contributed by atoms with Gasteiger partial charge in [-0.1, -0.05) is 28.0 Å². The fraction of sp³-hybridized carbons (Fsp3) is 0.450. The Labute approximate surface area is 175 Å². The number of nitrogens with zero attached hydrogens (tertiary/aromatic N) is 4. The van der Waals surface area contributed by atoms with Crippen molar-refractivity contribution < 1.29 is 22.2 Å². The van der Waals surface area contributed by atoms with Crippen molar-refractivity contribution in [1.82, 2.24) is 19.6 Å². The predicted octanol–water partition coefficient (Wildman–Crippen LogP) is 3.13. The Kier molecular flexibility index (Phi) is 5.61. The van der Waals surface area contributed by atoms with Crippen LogP contribution in [0.15, 0.2) is 38.2 Å². The minimum Gasteiger partial charge on any atom is -0.484 e. The zero-order valence-corrected chi connectivity index (χ0v) is 18.0. The van der Waals surface area contributed by atoms with Gasteiger partial charge in [0.15, 0.2) is 18.2 Å². The SMILES string of the molecule is Cc1ccc(OCc2nc(C3CCN(S(=O)(=O)c4c(C)noc4C)CC3)no2)cc1.